The Morgan fingerprint density at radius 3 is 2.65 bits per heavy atom. The minimum Gasteiger partial charge on any atom is -0.378 e. The molecular weight excluding hydrogens is 252 g/mol. The first-order chi connectivity index (χ1) is 9.83. The van der Waals surface area contributed by atoms with Gasteiger partial charge in [0.15, 0.2) is 0 Å². The van der Waals surface area contributed by atoms with Crippen LogP contribution in [-0.2, 0) is 11.3 Å². The summed E-state index contributed by atoms with van der Waals surface area (Å²) in [4.78, 5) is 11.2. The number of aromatic nitrogens is 2. The van der Waals surface area contributed by atoms with Crippen LogP contribution in [0.4, 0.5) is 5.95 Å². The van der Waals surface area contributed by atoms with E-state index in [2.05, 4.69) is 27.1 Å². The molecule has 0 radical (unpaired) electrons. The second-order valence-corrected chi connectivity index (χ2v) is 5.89. The number of hydrogen-bond acceptors (Lipinski definition) is 5. The molecule has 2 fully saturated rings. The van der Waals surface area contributed by atoms with Crippen molar-refractivity contribution < 1.29 is 4.74 Å². The molecule has 3 rings (SSSR count). The van der Waals surface area contributed by atoms with Crippen molar-refractivity contribution in [2.24, 2.45) is 5.92 Å². The van der Waals surface area contributed by atoms with Crippen LogP contribution < -0.4 is 10.2 Å². The number of ether oxygens (including phenoxy) is 1. The fourth-order valence-corrected chi connectivity index (χ4v) is 3.06. The molecule has 2 atom stereocenters. The summed E-state index contributed by atoms with van der Waals surface area (Å²) < 4.78 is 5.34. The fraction of sp³-hybridized carbons (Fsp3) is 0.733. The molecule has 20 heavy (non-hydrogen) atoms. The summed E-state index contributed by atoms with van der Waals surface area (Å²) >= 11 is 0. The molecule has 1 saturated heterocycles. The fourth-order valence-electron chi connectivity index (χ4n) is 3.06. The molecule has 1 aliphatic carbocycles. The van der Waals surface area contributed by atoms with Gasteiger partial charge in [-0.05, 0) is 18.8 Å². The second-order valence-electron chi connectivity index (χ2n) is 5.89. The van der Waals surface area contributed by atoms with Gasteiger partial charge >= 0.3 is 0 Å². The van der Waals surface area contributed by atoms with Crippen molar-refractivity contribution in [1.82, 2.24) is 15.3 Å². The Morgan fingerprint density at radius 2 is 2.00 bits per heavy atom. The van der Waals surface area contributed by atoms with Crippen molar-refractivity contribution >= 4 is 5.95 Å². The first-order valence-corrected chi connectivity index (χ1v) is 7.70. The smallest absolute Gasteiger partial charge is 0.225 e. The Kier molecular flexibility index (Phi) is 4.47. The van der Waals surface area contributed by atoms with Gasteiger partial charge in [-0.25, -0.2) is 9.97 Å². The maximum atomic E-state index is 5.34. The standard InChI is InChI=1S/C15H24N4O/c1-12-3-2-4-14(12)16-9-13-10-17-15(18-11-13)19-5-7-20-8-6-19/h10-12,14,16H,2-9H2,1H3/t12-,14+/m0/s1. The van der Waals surface area contributed by atoms with Crippen molar-refractivity contribution in [3.63, 3.8) is 0 Å². The van der Waals surface area contributed by atoms with Crippen molar-refractivity contribution in [2.75, 3.05) is 31.2 Å². The van der Waals surface area contributed by atoms with Crippen LogP contribution >= 0.6 is 0 Å². The first-order valence-electron chi connectivity index (χ1n) is 7.70. The van der Waals surface area contributed by atoms with E-state index in [-0.39, 0.29) is 0 Å². The summed E-state index contributed by atoms with van der Waals surface area (Å²) in [6, 6.07) is 0.661. The van der Waals surface area contributed by atoms with E-state index in [9.17, 15) is 0 Å². The zero-order chi connectivity index (χ0) is 13.8. The van der Waals surface area contributed by atoms with Crippen LogP contribution in [0.5, 0.6) is 0 Å². The third kappa shape index (κ3) is 3.27. The molecule has 1 aliphatic heterocycles. The number of hydrogen-bond donors (Lipinski definition) is 1. The molecule has 1 saturated carbocycles. The van der Waals surface area contributed by atoms with Gasteiger partial charge in [0.05, 0.1) is 13.2 Å². The quantitative estimate of drug-likeness (QED) is 0.905. The molecule has 0 spiro atoms. The third-order valence-corrected chi connectivity index (χ3v) is 4.42. The minimum atomic E-state index is 0.661. The van der Waals surface area contributed by atoms with Crippen molar-refractivity contribution in [2.45, 2.75) is 38.8 Å². The topological polar surface area (TPSA) is 50.3 Å². The summed E-state index contributed by atoms with van der Waals surface area (Å²) in [6.45, 7) is 6.52. The lowest BCUT2D eigenvalue weighted by atomic mass is 10.1. The largest absolute Gasteiger partial charge is 0.378 e. The average molecular weight is 276 g/mol. The summed E-state index contributed by atoms with van der Waals surface area (Å²) in [5.41, 5.74) is 1.17. The van der Waals surface area contributed by atoms with Crippen LogP contribution in [0.1, 0.15) is 31.7 Å². The monoisotopic (exact) mass is 276 g/mol. The maximum absolute atomic E-state index is 5.34. The van der Waals surface area contributed by atoms with Gasteiger partial charge in [0.25, 0.3) is 0 Å². The lowest BCUT2D eigenvalue weighted by molar-refractivity contribution is 0.122. The van der Waals surface area contributed by atoms with Gasteiger partial charge in [0.1, 0.15) is 0 Å². The van der Waals surface area contributed by atoms with Gasteiger partial charge in [0.2, 0.25) is 5.95 Å². The van der Waals surface area contributed by atoms with E-state index in [1.807, 2.05) is 12.4 Å². The van der Waals surface area contributed by atoms with Gasteiger partial charge in [-0.15, -0.1) is 0 Å². The van der Waals surface area contributed by atoms with E-state index in [1.165, 1.54) is 24.8 Å². The van der Waals surface area contributed by atoms with Crippen LogP contribution in [0.15, 0.2) is 12.4 Å². The summed E-state index contributed by atoms with van der Waals surface area (Å²) in [7, 11) is 0. The lowest BCUT2D eigenvalue weighted by Crippen LogP contribution is -2.37. The molecule has 0 unspecified atom stereocenters. The number of morpholine rings is 1. The zero-order valence-electron chi connectivity index (χ0n) is 12.2. The highest BCUT2D eigenvalue weighted by atomic mass is 16.5. The van der Waals surface area contributed by atoms with E-state index in [1.54, 1.807) is 0 Å². The van der Waals surface area contributed by atoms with E-state index in [0.717, 1.165) is 44.7 Å². The van der Waals surface area contributed by atoms with Gasteiger partial charge in [-0.2, -0.15) is 0 Å². The Morgan fingerprint density at radius 1 is 1.25 bits per heavy atom. The molecule has 1 N–H and O–H groups in total. The van der Waals surface area contributed by atoms with Gasteiger partial charge in [0, 0.05) is 43.6 Å². The Labute approximate surface area is 120 Å². The van der Waals surface area contributed by atoms with E-state index >= 15 is 0 Å². The van der Waals surface area contributed by atoms with Crippen molar-refractivity contribution in [3.8, 4) is 0 Å². The maximum Gasteiger partial charge on any atom is 0.225 e. The predicted molar refractivity (Wildman–Crippen MR) is 78.7 cm³/mol. The zero-order valence-corrected chi connectivity index (χ0v) is 12.2. The molecule has 2 aliphatic rings. The predicted octanol–water partition coefficient (Wildman–Crippen LogP) is 1.59. The first kappa shape index (κ1) is 13.8. The van der Waals surface area contributed by atoms with Crippen LogP contribution in [0.3, 0.4) is 0 Å². The molecule has 5 heteroatoms. The number of nitrogens with zero attached hydrogens (tertiary/aromatic N) is 3. The Hall–Kier alpha value is -1.20. The highest BCUT2D eigenvalue weighted by molar-refractivity contribution is 5.30. The van der Waals surface area contributed by atoms with Gasteiger partial charge in [-0.1, -0.05) is 13.3 Å². The summed E-state index contributed by atoms with van der Waals surface area (Å²) in [5, 5.41) is 3.63. The number of rotatable bonds is 4. The molecule has 1 aromatic rings. The van der Waals surface area contributed by atoms with Crippen molar-refractivity contribution in [1.29, 1.82) is 0 Å². The van der Waals surface area contributed by atoms with Gasteiger partial charge < -0.3 is 15.0 Å². The highest BCUT2D eigenvalue weighted by Gasteiger charge is 2.22. The number of anilines is 1. The van der Waals surface area contributed by atoms with Crippen LogP contribution in [0.25, 0.3) is 0 Å². The van der Waals surface area contributed by atoms with E-state index in [0.29, 0.717) is 6.04 Å². The van der Waals surface area contributed by atoms with E-state index < -0.39 is 0 Å². The van der Waals surface area contributed by atoms with Crippen LogP contribution in [0.2, 0.25) is 0 Å². The van der Waals surface area contributed by atoms with Crippen LogP contribution in [0, 0.1) is 5.92 Å². The molecule has 0 bridgehead atoms. The molecule has 0 aromatic carbocycles. The Balaban J connectivity index is 1.53. The average Bonchev–Trinajstić information content (AvgIpc) is 2.92. The normalized spacial score (nSPS) is 26.9. The lowest BCUT2D eigenvalue weighted by Gasteiger charge is -2.26. The third-order valence-electron chi connectivity index (χ3n) is 4.42. The highest BCUT2D eigenvalue weighted by Crippen LogP contribution is 2.25. The molecule has 0 amide bonds. The molecule has 5 nitrogen and oxygen atoms in total. The van der Waals surface area contributed by atoms with E-state index in [4.69, 9.17) is 4.74 Å². The minimum absolute atomic E-state index is 0.661. The molecule has 2 heterocycles. The number of nitrogens with one attached hydrogen (secondary N) is 1. The summed E-state index contributed by atoms with van der Waals surface area (Å²) in [5.74, 6) is 1.62. The van der Waals surface area contributed by atoms with Gasteiger partial charge in [-0.3, -0.25) is 0 Å². The van der Waals surface area contributed by atoms with Crippen LogP contribution in [-0.4, -0.2) is 42.3 Å². The SMILES string of the molecule is C[C@H]1CCC[C@H]1NCc1cnc(N2CCOCC2)nc1. The summed E-state index contributed by atoms with van der Waals surface area (Å²) in [6.07, 6.45) is 7.90. The Bertz CT molecular complexity index is 416. The molecule has 110 valence electrons. The second kappa shape index (κ2) is 6.50. The molecular formula is C15H24N4O. The molecule has 1 aromatic heterocycles. The van der Waals surface area contributed by atoms with Crippen molar-refractivity contribution in [3.05, 3.63) is 18.0 Å².